The molecule has 1 heterocycles. The number of aryl methyl sites for hydroxylation is 2. The largest absolute Gasteiger partial charge is 0.399 e. The van der Waals surface area contributed by atoms with Crippen LogP contribution in [0.4, 0.5) is 5.69 Å². The molecule has 18 heavy (non-hydrogen) atoms. The fraction of sp³-hybridized carbons (Fsp3) is 0.400. The molecular formula is C15H21N3. The zero-order chi connectivity index (χ0) is 13.5. The van der Waals surface area contributed by atoms with Gasteiger partial charge in [-0.1, -0.05) is 26.8 Å². The molecule has 3 heteroatoms. The van der Waals surface area contributed by atoms with E-state index in [1.807, 2.05) is 23.9 Å². The second kappa shape index (κ2) is 4.16. The highest BCUT2D eigenvalue weighted by molar-refractivity contribution is 5.70. The van der Waals surface area contributed by atoms with E-state index in [0.717, 1.165) is 16.9 Å². The summed E-state index contributed by atoms with van der Waals surface area (Å²) in [7, 11) is 1.96. The summed E-state index contributed by atoms with van der Waals surface area (Å²) in [6.07, 6.45) is 2.06. The summed E-state index contributed by atoms with van der Waals surface area (Å²) >= 11 is 0. The van der Waals surface area contributed by atoms with E-state index in [0.29, 0.717) is 0 Å². The van der Waals surface area contributed by atoms with Crippen molar-refractivity contribution >= 4 is 5.69 Å². The van der Waals surface area contributed by atoms with Crippen LogP contribution in [0.2, 0.25) is 0 Å². The van der Waals surface area contributed by atoms with Gasteiger partial charge in [-0.3, -0.25) is 4.68 Å². The van der Waals surface area contributed by atoms with E-state index >= 15 is 0 Å². The van der Waals surface area contributed by atoms with Crippen LogP contribution in [0.3, 0.4) is 0 Å². The van der Waals surface area contributed by atoms with Gasteiger partial charge in [0, 0.05) is 29.9 Å². The van der Waals surface area contributed by atoms with Crippen LogP contribution in [0.1, 0.15) is 32.0 Å². The van der Waals surface area contributed by atoms with E-state index < -0.39 is 0 Å². The lowest BCUT2D eigenvalue weighted by Crippen LogP contribution is -2.13. The summed E-state index contributed by atoms with van der Waals surface area (Å²) in [4.78, 5) is 0. The van der Waals surface area contributed by atoms with E-state index in [9.17, 15) is 0 Å². The molecule has 0 bridgehead atoms. The first-order valence-corrected chi connectivity index (χ1v) is 6.19. The highest BCUT2D eigenvalue weighted by atomic mass is 15.3. The Hall–Kier alpha value is -1.77. The van der Waals surface area contributed by atoms with Crippen molar-refractivity contribution in [3.05, 3.63) is 35.7 Å². The Balaban J connectivity index is 2.63. The second-order valence-corrected chi connectivity index (χ2v) is 5.95. The molecule has 0 radical (unpaired) electrons. The van der Waals surface area contributed by atoms with Crippen molar-refractivity contribution in [1.82, 2.24) is 9.78 Å². The zero-order valence-electron chi connectivity index (χ0n) is 11.8. The molecule has 3 nitrogen and oxygen atoms in total. The maximum absolute atomic E-state index is 5.94. The zero-order valence-corrected chi connectivity index (χ0v) is 11.8. The Morgan fingerprint density at radius 2 is 1.83 bits per heavy atom. The third-order valence-electron chi connectivity index (χ3n) is 2.95. The highest BCUT2D eigenvalue weighted by Gasteiger charge is 2.22. The van der Waals surface area contributed by atoms with Crippen LogP contribution in [0.25, 0.3) is 11.1 Å². The van der Waals surface area contributed by atoms with Crippen molar-refractivity contribution in [2.75, 3.05) is 5.73 Å². The molecule has 0 unspecified atom stereocenters. The lowest BCUT2D eigenvalue weighted by molar-refractivity contribution is 0.554. The van der Waals surface area contributed by atoms with E-state index in [4.69, 9.17) is 5.73 Å². The molecule has 2 rings (SSSR count). The maximum atomic E-state index is 5.94. The number of nitrogens with two attached hydrogens (primary N) is 1. The molecule has 1 aromatic heterocycles. The predicted molar refractivity (Wildman–Crippen MR) is 76.5 cm³/mol. The first-order chi connectivity index (χ1) is 8.27. The van der Waals surface area contributed by atoms with Gasteiger partial charge < -0.3 is 5.73 Å². The first kappa shape index (κ1) is 12.7. The Bertz CT molecular complexity index is 554. The van der Waals surface area contributed by atoms with Crippen molar-refractivity contribution in [2.45, 2.75) is 33.1 Å². The summed E-state index contributed by atoms with van der Waals surface area (Å²) in [5.41, 5.74) is 11.4. The first-order valence-electron chi connectivity index (χ1n) is 6.19. The van der Waals surface area contributed by atoms with E-state index in [1.54, 1.807) is 0 Å². The van der Waals surface area contributed by atoms with Crippen molar-refractivity contribution in [2.24, 2.45) is 7.05 Å². The minimum atomic E-state index is 0.0229. The third-order valence-corrected chi connectivity index (χ3v) is 2.95. The van der Waals surface area contributed by atoms with Crippen molar-refractivity contribution < 1.29 is 0 Å². The molecule has 0 saturated carbocycles. The van der Waals surface area contributed by atoms with Gasteiger partial charge in [-0.2, -0.15) is 5.10 Å². The number of rotatable bonds is 1. The summed E-state index contributed by atoms with van der Waals surface area (Å²) in [6.45, 7) is 8.60. The molecule has 0 atom stereocenters. The Kier molecular flexibility index (Phi) is 2.93. The molecule has 0 amide bonds. The Morgan fingerprint density at radius 3 is 2.39 bits per heavy atom. The van der Waals surface area contributed by atoms with Crippen LogP contribution in [-0.2, 0) is 12.5 Å². The van der Waals surface area contributed by atoms with Gasteiger partial charge in [0.2, 0.25) is 0 Å². The van der Waals surface area contributed by atoms with Gasteiger partial charge >= 0.3 is 0 Å². The molecule has 0 aliphatic heterocycles. The van der Waals surface area contributed by atoms with Gasteiger partial charge in [-0.15, -0.1) is 0 Å². The molecule has 2 N–H and O–H groups in total. The smallest absolute Gasteiger partial charge is 0.0756 e. The Labute approximate surface area is 109 Å². The average Bonchev–Trinajstić information content (AvgIpc) is 2.58. The van der Waals surface area contributed by atoms with Gasteiger partial charge in [-0.25, -0.2) is 0 Å². The van der Waals surface area contributed by atoms with Crippen LogP contribution in [0, 0.1) is 6.92 Å². The molecule has 0 saturated heterocycles. The van der Waals surface area contributed by atoms with Crippen molar-refractivity contribution in [3.8, 4) is 11.1 Å². The third kappa shape index (κ3) is 2.40. The van der Waals surface area contributed by atoms with Gasteiger partial charge in [0.1, 0.15) is 0 Å². The fourth-order valence-electron chi connectivity index (χ4n) is 2.22. The summed E-state index contributed by atoms with van der Waals surface area (Å²) < 4.78 is 1.87. The lowest BCUT2D eigenvalue weighted by atomic mass is 9.87. The molecule has 96 valence electrons. The molecule has 0 fully saturated rings. The number of hydrogen-bond donors (Lipinski definition) is 1. The predicted octanol–water partition coefficient (Wildman–Crippen LogP) is 3.28. The van der Waals surface area contributed by atoms with Gasteiger partial charge in [0.05, 0.1) is 5.69 Å². The fourth-order valence-corrected chi connectivity index (χ4v) is 2.22. The minimum absolute atomic E-state index is 0.0229. The van der Waals surface area contributed by atoms with E-state index in [-0.39, 0.29) is 5.41 Å². The number of nitrogens with zero attached hydrogens (tertiary/aromatic N) is 2. The van der Waals surface area contributed by atoms with E-state index in [1.165, 1.54) is 11.1 Å². The van der Waals surface area contributed by atoms with Gasteiger partial charge in [-0.05, 0) is 30.2 Å². The van der Waals surface area contributed by atoms with Crippen LogP contribution in [0.5, 0.6) is 0 Å². The van der Waals surface area contributed by atoms with Gasteiger partial charge in [0.15, 0.2) is 0 Å². The monoisotopic (exact) mass is 243 g/mol. The van der Waals surface area contributed by atoms with Crippen LogP contribution in [-0.4, -0.2) is 9.78 Å². The van der Waals surface area contributed by atoms with Crippen LogP contribution >= 0.6 is 0 Å². The summed E-state index contributed by atoms with van der Waals surface area (Å²) in [6, 6.07) is 6.15. The molecule has 0 spiro atoms. The SMILES string of the molecule is Cc1cc(N)cc(-c2cn(C)nc2C(C)(C)C)c1. The Morgan fingerprint density at radius 1 is 1.17 bits per heavy atom. The number of anilines is 1. The minimum Gasteiger partial charge on any atom is -0.399 e. The topological polar surface area (TPSA) is 43.8 Å². The number of aromatic nitrogens is 2. The molecule has 0 aliphatic carbocycles. The lowest BCUT2D eigenvalue weighted by Gasteiger charge is -2.17. The van der Waals surface area contributed by atoms with Crippen LogP contribution < -0.4 is 5.73 Å². The normalized spacial score (nSPS) is 11.8. The summed E-state index contributed by atoms with van der Waals surface area (Å²) in [5.74, 6) is 0. The standard InChI is InChI=1S/C15H21N3/c1-10-6-11(8-12(16)7-10)13-9-18(5)17-14(13)15(2,3)4/h6-9H,16H2,1-5H3. The number of hydrogen-bond acceptors (Lipinski definition) is 2. The van der Waals surface area contributed by atoms with Crippen LogP contribution in [0.15, 0.2) is 24.4 Å². The highest BCUT2D eigenvalue weighted by Crippen LogP contribution is 2.33. The van der Waals surface area contributed by atoms with Crippen molar-refractivity contribution in [3.63, 3.8) is 0 Å². The second-order valence-electron chi connectivity index (χ2n) is 5.95. The quantitative estimate of drug-likeness (QED) is 0.781. The number of nitrogen functional groups attached to an aromatic ring is 1. The molecule has 0 aliphatic rings. The molecular weight excluding hydrogens is 222 g/mol. The molecule has 2 aromatic rings. The number of benzene rings is 1. The summed E-state index contributed by atoms with van der Waals surface area (Å²) in [5, 5.41) is 4.59. The van der Waals surface area contributed by atoms with Crippen molar-refractivity contribution in [1.29, 1.82) is 0 Å². The van der Waals surface area contributed by atoms with Gasteiger partial charge in [0.25, 0.3) is 0 Å². The average molecular weight is 243 g/mol. The maximum Gasteiger partial charge on any atom is 0.0756 e. The molecule has 1 aromatic carbocycles. The van der Waals surface area contributed by atoms with E-state index in [2.05, 4.69) is 45.1 Å².